The Bertz CT molecular complexity index is 707. The molecule has 4 N–H and O–H groups in total. The van der Waals surface area contributed by atoms with E-state index >= 15 is 0 Å². The molecule has 1 unspecified atom stereocenters. The quantitative estimate of drug-likeness (QED) is 0.659. The molecule has 0 fully saturated rings. The summed E-state index contributed by atoms with van der Waals surface area (Å²) in [7, 11) is 0. The number of hydrogen-bond acceptors (Lipinski definition) is 3. The molecule has 5 nitrogen and oxygen atoms in total. The van der Waals surface area contributed by atoms with Crippen LogP contribution in [0.1, 0.15) is 46.9 Å². The molecular weight excluding hydrogens is 350 g/mol. The summed E-state index contributed by atoms with van der Waals surface area (Å²) in [5.74, 6) is -0.474. The zero-order valence-corrected chi connectivity index (χ0v) is 15.7. The zero-order chi connectivity index (χ0) is 18.1. The summed E-state index contributed by atoms with van der Waals surface area (Å²) in [5, 5.41) is 5.77. The Balaban J connectivity index is 0.00000338. The van der Waals surface area contributed by atoms with Gasteiger partial charge in [-0.25, -0.2) is 0 Å². The lowest BCUT2D eigenvalue weighted by atomic mass is 10.1. The van der Waals surface area contributed by atoms with Crippen molar-refractivity contribution in [2.45, 2.75) is 32.2 Å². The molecule has 0 aromatic heterocycles. The molecule has 1 atom stereocenters. The summed E-state index contributed by atoms with van der Waals surface area (Å²) < 4.78 is 0. The van der Waals surface area contributed by atoms with Crippen LogP contribution in [0, 0.1) is 0 Å². The SMILES string of the molecule is CCCCC(CN)NC(=O)c1ccccc1NC(=O)c1ccccc1.Cl. The normalized spacial score (nSPS) is 11.2. The van der Waals surface area contributed by atoms with E-state index < -0.39 is 0 Å². The first-order valence-corrected chi connectivity index (χ1v) is 8.62. The number of unbranched alkanes of at least 4 members (excludes halogenated alkanes) is 1. The largest absolute Gasteiger partial charge is 0.348 e. The molecule has 2 aromatic carbocycles. The average molecular weight is 376 g/mol. The van der Waals surface area contributed by atoms with Gasteiger partial charge in [0, 0.05) is 18.2 Å². The molecule has 0 aliphatic rings. The van der Waals surface area contributed by atoms with Crippen LogP contribution in [0.2, 0.25) is 0 Å². The summed E-state index contributed by atoms with van der Waals surface area (Å²) >= 11 is 0. The summed E-state index contributed by atoms with van der Waals surface area (Å²) in [6.07, 6.45) is 2.90. The molecule has 0 spiro atoms. The highest BCUT2D eigenvalue weighted by Crippen LogP contribution is 2.17. The van der Waals surface area contributed by atoms with E-state index in [0.29, 0.717) is 23.4 Å². The third kappa shape index (κ3) is 6.17. The van der Waals surface area contributed by atoms with Crippen LogP contribution < -0.4 is 16.4 Å². The van der Waals surface area contributed by atoms with Crippen molar-refractivity contribution in [2.24, 2.45) is 5.73 Å². The van der Waals surface area contributed by atoms with E-state index in [4.69, 9.17) is 5.73 Å². The predicted octanol–water partition coefficient (Wildman–Crippen LogP) is 3.61. The number of carbonyl (C=O) groups is 2. The van der Waals surface area contributed by atoms with Gasteiger partial charge in [-0.2, -0.15) is 0 Å². The van der Waals surface area contributed by atoms with Gasteiger partial charge in [0.25, 0.3) is 11.8 Å². The van der Waals surface area contributed by atoms with Crippen molar-refractivity contribution in [3.05, 3.63) is 65.7 Å². The monoisotopic (exact) mass is 375 g/mol. The Morgan fingerprint density at radius 2 is 1.65 bits per heavy atom. The van der Waals surface area contributed by atoms with Gasteiger partial charge in [0.05, 0.1) is 11.3 Å². The Labute approximate surface area is 160 Å². The number of amides is 2. The lowest BCUT2D eigenvalue weighted by molar-refractivity contribution is 0.0936. The Morgan fingerprint density at radius 1 is 1.00 bits per heavy atom. The smallest absolute Gasteiger partial charge is 0.255 e. The molecule has 0 heterocycles. The number of halogens is 1. The second-order valence-corrected chi connectivity index (χ2v) is 5.91. The van der Waals surface area contributed by atoms with Crippen molar-refractivity contribution < 1.29 is 9.59 Å². The van der Waals surface area contributed by atoms with Crippen molar-refractivity contribution in [3.8, 4) is 0 Å². The Morgan fingerprint density at radius 3 is 2.31 bits per heavy atom. The lowest BCUT2D eigenvalue weighted by Crippen LogP contribution is -2.40. The maximum atomic E-state index is 12.6. The topological polar surface area (TPSA) is 84.2 Å². The van der Waals surface area contributed by atoms with Crippen LogP contribution >= 0.6 is 12.4 Å². The fraction of sp³-hybridized carbons (Fsp3) is 0.300. The van der Waals surface area contributed by atoms with Gasteiger partial charge in [0.15, 0.2) is 0 Å². The minimum Gasteiger partial charge on any atom is -0.348 e. The summed E-state index contributed by atoms with van der Waals surface area (Å²) in [4.78, 5) is 24.9. The number of hydrogen-bond donors (Lipinski definition) is 3. The van der Waals surface area contributed by atoms with Gasteiger partial charge in [-0.1, -0.05) is 50.1 Å². The second kappa shape index (κ2) is 11.3. The first-order valence-electron chi connectivity index (χ1n) is 8.62. The van der Waals surface area contributed by atoms with Crippen LogP contribution in [-0.2, 0) is 0 Å². The number of para-hydroxylation sites is 1. The van der Waals surface area contributed by atoms with Crippen LogP contribution in [0.4, 0.5) is 5.69 Å². The third-order valence-electron chi connectivity index (χ3n) is 3.98. The number of nitrogens with two attached hydrogens (primary N) is 1. The minimum atomic E-state index is -0.248. The molecule has 140 valence electrons. The standard InChI is InChI=1S/C20H25N3O2.ClH/c1-2-3-11-16(14-21)22-20(25)17-12-7-8-13-18(17)23-19(24)15-9-5-4-6-10-15;/h4-10,12-13,16H,2-3,11,14,21H2,1H3,(H,22,25)(H,23,24);1H. The van der Waals surface area contributed by atoms with Crippen LogP contribution in [0.15, 0.2) is 54.6 Å². The molecule has 0 saturated heterocycles. The second-order valence-electron chi connectivity index (χ2n) is 5.91. The first-order chi connectivity index (χ1) is 12.2. The molecular formula is C20H26ClN3O2. The molecule has 26 heavy (non-hydrogen) atoms. The molecule has 0 radical (unpaired) electrons. The zero-order valence-electron chi connectivity index (χ0n) is 14.9. The number of carbonyl (C=O) groups excluding carboxylic acids is 2. The van der Waals surface area contributed by atoms with Crippen molar-refractivity contribution in [1.29, 1.82) is 0 Å². The van der Waals surface area contributed by atoms with E-state index in [1.807, 2.05) is 6.07 Å². The molecule has 0 aliphatic carbocycles. The minimum absolute atomic E-state index is 0. The van der Waals surface area contributed by atoms with Gasteiger partial charge in [-0.3, -0.25) is 9.59 Å². The average Bonchev–Trinajstić information content (AvgIpc) is 2.66. The van der Waals surface area contributed by atoms with Gasteiger partial charge in [0.2, 0.25) is 0 Å². The lowest BCUT2D eigenvalue weighted by Gasteiger charge is -2.18. The summed E-state index contributed by atoms with van der Waals surface area (Å²) in [6.45, 7) is 2.49. The van der Waals surface area contributed by atoms with Gasteiger partial charge in [-0.05, 0) is 30.7 Å². The van der Waals surface area contributed by atoms with Gasteiger partial charge >= 0.3 is 0 Å². The predicted molar refractivity (Wildman–Crippen MR) is 108 cm³/mol. The number of rotatable bonds is 8. The number of benzene rings is 2. The van der Waals surface area contributed by atoms with Gasteiger partial charge < -0.3 is 16.4 Å². The van der Waals surface area contributed by atoms with Crippen LogP contribution in [0.25, 0.3) is 0 Å². The summed E-state index contributed by atoms with van der Waals surface area (Å²) in [5.41, 5.74) is 7.21. The number of anilines is 1. The fourth-order valence-electron chi connectivity index (χ4n) is 2.54. The highest BCUT2D eigenvalue weighted by molar-refractivity contribution is 6.09. The first kappa shape index (κ1) is 21.7. The highest BCUT2D eigenvalue weighted by Gasteiger charge is 2.16. The van der Waals surface area contributed by atoms with E-state index in [2.05, 4.69) is 17.6 Å². The van der Waals surface area contributed by atoms with E-state index in [9.17, 15) is 9.59 Å². The van der Waals surface area contributed by atoms with Crippen LogP contribution in [0.5, 0.6) is 0 Å². The maximum absolute atomic E-state index is 12.6. The van der Waals surface area contributed by atoms with Gasteiger partial charge in [0.1, 0.15) is 0 Å². The highest BCUT2D eigenvalue weighted by atomic mass is 35.5. The Kier molecular flexibility index (Phi) is 9.41. The van der Waals surface area contributed by atoms with Crippen molar-refractivity contribution in [3.63, 3.8) is 0 Å². The third-order valence-corrected chi connectivity index (χ3v) is 3.98. The van der Waals surface area contributed by atoms with E-state index in [0.717, 1.165) is 19.3 Å². The summed E-state index contributed by atoms with van der Waals surface area (Å²) in [6, 6.07) is 15.8. The Hall–Kier alpha value is -2.37. The molecule has 2 aromatic rings. The van der Waals surface area contributed by atoms with Gasteiger partial charge in [-0.15, -0.1) is 12.4 Å². The van der Waals surface area contributed by atoms with Crippen LogP contribution in [-0.4, -0.2) is 24.4 Å². The van der Waals surface area contributed by atoms with E-state index in [1.54, 1.807) is 48.5 Å². The molecule has 0 saturated carbocycles. The van der Waals surface area contributed by atoms with Crippen molar-refractivity contribution >= 4 is 29.9 Å². The van der Waals surface area contributed by atoms with E-state index in [-0.39, 0.29) is 30.3 Å². The molecule has 2 rings (SSSR count). The molecule has 6 heteroatoms. The number of nitrogens with one attached hydrogen (secondary N) is 2. The van der Waals surface area contributed by atoms with Crippen molar-refractivity contribution in [2.75, 3.05) is 11.9 Å². The molecule has 0 aliphatic heterocycles. The molecule has 0 bridgehead atoms. The van der Waals surface area contributed by atoms with Crippen molar-refractivity contribution in [1.82, 2.24) is 5.32 Å². The van der Waals surface area contributed by atoms with E-state index in [1.165, 1.54) is 0 Å². The fourth-order valence-corrected chi connectivity index (χ4v) is 2.54. The molecule has 2 amide bonds. The maximum Gasteiger partial charge on any atom is 0.255 e. The van der Waals surface area contributed by atoms with Crippen LogP contribution in [0.3, 0.4) is 0 Å².